The van der Waals surface area contributed by atoms with Gasteiger partial charge in [0.05, 0.1) is 0 Å². The molecule has 1 amide bonds. The van der Waals surface area contributed by atoms with Gasteiger partial charge in [-0.05, 0) is 30.9 Å². The minimum Gasteiger partial charge on any atom is -0.266 e. The molecule has 0 bridgehead atoms. The second kappa shape index (κ2) is 4.13. The van der Waals surface area contributed by atoms with Gasteiger partial charge >= 0.3 is 0 Å². The van der Waals surface area contributed by atoms with Crippen molar-refractivity contribution in [2.45, 2.75) is 12.8 Å². The smallest absolute Gasteiger partial charge is 0.266 e. The van der Waals surface area contributed by atoms with Crippen LogP contribution in [-0.2, 0) is 0 Å². The van der Waals surface area contributed by atoms with Crippen LogP contribution < -0.4 is 5.43 Å². The summed E-state index contributed by atoms with van der Waals surface area (Å²) in [5, 5.41) is 4.19. The topological polar surface area (TPSA) is 54.4 Å². The minimum absolute atomic E-state index is 0.243. The molecule has 3 rings (SSSR count). The first-order valence-corrected chi connectivity index (χ1v) is 5.79. The molecule has 0 unspecified atom stereocenters. The van der Waals surface area contributed by atoms with Gasteiger partial charge in [0.1, 0.15) is 5.69 Å². The molecule has 4 nitrogen and oxygen atoms in total. The van der Waals surface area contributed by atoms with Gasteiger partial charge < -0.3 is 0 Å². The van der Waals surface area contributed by atoms with E-state index in [-0.39, 0.29) is 5.91 Å². The quantitative estimate of drug-likeness (QED) is 0.618. The number of fused-ring (bicyclic) bond motifs is 1. The zero-order valence-corrected chi connectivity index (χ0v) is 9.34. The van der Waals surface area contributed by atoms with Crippen LogP contribution in [0.25, 0.3) is 0 Å². The molecule has 2 aliphatic carbocycles. The number of carbonyl (C=O) groups is 1. The predicted molar refractivity (Wildman–Crippen MR) is 64.5 cm³/mol. The van der Waals surface area contributed by atoms with E-state index in [4.69, 9.17) is 0 Å². The molecule has 0 radical (unpaired) electrons. The van der Waals surface area contributed by atoms with Gasteiger partial charge in [-0.25, -0.2) is 5.43 Å². The van der Waals surface area contributed by atoms with Gasteiger partial charge in [-0.1, -0.05) is 18.2 Å². The number of nitrogens with zero attached hydrogens (tertiary/aromatic N) is 2. The number of allylic oxidation sites excluding steroid dienone is 2. The molecule has 1 fully saturated rings. The summed E-state index contributed by atoms with van der Waals surface area (Å²) in [5.74, 6) is 0.937. The molecule has 2 atom stereocenters. The fourth-order valence-corrected chi connectivity index (χ4v) is 2.34. The number of hydrazone groups is 1. The van der Waals surface area contributed by atoms with Crippen molar-refractivity contribution in [1.29, 1.82) is 0 Å². The van der Waals surface area contributed by atoms with Gasteiger partial charge in [0.15, 0.2) is 0 Å². The van der Waals surface area contributed by atoms with E-state index in [1.54, 1.807) is 24.4 Å². The predicted octanol–water partition coefficient (Wildman–Crippen LogP) is 1.76. The van der Waals surface area contributed by atoms with Crippen molar-refractivity contribution >= 4 is 11.6 Å². The summed E-state index contributed by atoms with van der Waals surface area (Å²) in [6.45, 7) is 0. The van der Waals surface area contributed by atoms with E-state index < -0.39 is 0 Å². The molecule has 0 spiro atoms. The maximum absolute atomic E-state index is 11.7. The van der Waals surface area contributed by atoms with Crippen molar-refractivity contribution in [3.05, 3.63) is 42.2 Å². The Hall–Kier alpha value is -1.97. The number of carbonyl (C=O) groups excluding carboxylic acids is 1. The maximum Gasteiger partial charge on any atom is 0.289 e. The van der Waals surface area contributed by atoms with Crippen molar-refractivity contribution in [2.24, 2.45) is 16.9 Å². The first kappa shape index (κ1) is 10.2. The van der Waals surface area contributed by atoms with Crippen LogP contribution in [0.1, 0.15) is 23.3 Å². The number of aromatic nitrogens is 1. The number of nitrogens with one attached hydrogen (secondary N) is 1. The fraction of sp³-hybridized carbons (Fsp3) is 0.308. The first-order chi connectivity index (χ1) is 8.34. The highest BCUT2D eigenvalue weighted by Crippen LogP contribution is 2.39. The molecule has 86 valence electrons. The fourth-order valence-electron chi connectivity index (χ4n) is 2.34. The molecule has 1 aromatic heterocycles. The van der Waals surface area contributed by atoms with Crippen LogP contribution in [0.15, 0.2) is 41.6 Å². The molecule has 0 saturated heterocycles. The van der Waals surface area contributed by atoms with E-state index in [0.717, 1.165) is 18.6 Å². The molecule has 1 N–H and O–H groups in total. The normalized spacial score (nSPS) is 27.6. The van der Waals surface area contributed by atoms with E-state index in [9.17, 15) is 4.79 Å². The number of amides is 1. The van der Waals surface area contributed by atoms with Crippen molar-refractivity contribution < 1.29 is 4.79 Å². The number of rotatable bonds is 2. The minimum atomic E-state index is -0.243. The summed E-state index contributed by atoms with van der Waals surface area (Å²) in [7, 11) is 0. The van der Waals surface area contributed by atoms with Crippen molar-refractivity contribution in [3.63, 3.8) is 0 Å². The van der Waals surface area contributed by atoms with Gasteiger partial charge in [-0.2, -0.15) is 5.10 Å². The van der Waals surface area contributed by atoms with Crippen LogP contribution in [0.4, 0.5) is 0 Å². The van der Waals surface area contributed by atoms with Crippen molar-refractivity contribution in [3.8, 4) is 0 Å². The second-order valence-corrected chi connectivity index (χ2v) is 4.40. The van der Waals surface area contributed by atoms with Crippen LogP contribution in [0, 0.1) is 11.8 Å². The third-order valence-corrected chi connectivity index (χ3v) is 3.36. The number of pyridine rings is 1. The molecular formula is C13H13N3O. The van der Waals surface area contributed by atoms with Crippen LogP contribution >= 0.6 is 0 Å². The van der Waals surface area contributed by atoms with Gasteiger partial charge in [0.25, 0.3) is 5.91 Å². The zero-order chi connectivity index (χ0) is 11.7. The highest BCUT2D eigenvalue weighted by Gasteiger charge is 2.37. The molecule has 2 aliphatic rings. The molecule has 17 heavy (non-hydrogen) atoms. The standard InChI is InChI=1S/C13H13N3O/c17-13(11-6-1-2-7-14-11)16-15-12-8-9-4-3-5-10(9)12/h1-4,6-7,9-10H,5,8H2,(H,16,17)/b15-12-/t9-,10+/m0/s1. The molecule has 1 saturated carbocycles. The van der Waals surface area contributed by atoms with E-state index in [1.165, 1.54) is 0 Å². The third kappa shape index (κ3) is 1.86. The SMILES string of the molecule is O=C(N/N=C1/C[C@@H]2C=CC[C@@H]12)c1ccccn1. The Morgan fingerprint density at radius 1 is 1.47 bits per heavy atom. The van der Waals surface area contributed by atoms with Gasteiger partial charge in [0.2, 0.25) is 0 Å². The van der Waals surface area contributed by atoms with Gasteiger partial charge in [-0.3, -0.25) is 9.78 Å². The van der Waals surface area contributed by atoms with E-state index >= 15 is 0 Å². The molecular weight excluding hydrogens is 214 g/mol. The number of hydrogen-bond donors (Lipinski definition) is 1. The Kier molecular flexibility index (Phi) is 2.48. The lowest BCUT2D eigenvalue weighted by Gasteiger charge is -2.31. The molecule has 1 heterocycles. The molecule has 4 heteroatoms. The van der Waals surface area contributed by atoms with E-state index in [1.807, 2.05) is 0 Å². The molecule has 0 aliphatic heterocycles. The Morgan fingerprint density at radius 3 is 3.18 bits per heavy atom. The van der Waals surface area contributed by atoms with Crippen molar-refractivity contribution in [2.75, 3.05) is 0 Å². The van der Waals surface area contributed by atoms with Gasteiger partial charge in [-0.15, -0.1) is 0 Å². The lowest BCUT2D eigenvalue weighted by Crippen LogP contribution is -2.35. The number of hydrogen-bond acceptors (Lipinski definition) is 3. The summed E-state index contributed by atoms with van der Waals surface area (Å²) >= 11 is 0. The Morgan fingerprint density at radius 2 is 2.41 bits per heavy atom. The van der Waals surface area contributed by atoms with Crippen LogP contribution in [0.5, 0.6) is 0 Å². The van der Waals surface area contributed by atoms with Crippen LogP contribution in [0.3, 0.4) is 0 Å². The zero-order valence-electron chi connectivity index (χ0n) is 9.34. The average molecular weight is 227 g/mol. The Labute approximate surface area is 99.4 Å². The molecule has 0 aromatic carbocycles. The Bertz CT molecular complexity index is 493. The molecule has 1 aromatic rings. The highest BCUT2D eigenvalue weighted by atomic mass is 16.2. The third-order valence-electron chi connectivity index (χ3n) is 3.36. The maximum atomic E-state index is 11.7. The van der Waals surface area contributed by atoms with E-state index in [0.29, 0.717) is 17.5 Å². The average Bonchev–Trinajstić information content (AvgIpc) is 2.72. The van der Waals surface area contributed by atoms with Gasteiger partial charge in [0, 0.05) is 17.8 Å². The second-order valence-electron chi connectivity index (χ2n) is 4.40. The lowest BCUT2D eigenvalue weighted by molar-refractivity contribution is 0.0949. The van der Waals surface area contributed by atoms with Crippen LogP contribution in [-0.4, -0.2) is 16.6 Å². The highest BCUT2D eigenvalue weighted by molar-refractivity contribution is 5.97. The largest absolute Gasteiger partial charge is 0.289 e. The summed E-state index contributed by atoms with van der Waals surface area (Å²) in [6.07, 6.45) is 8.07. The van der Waals surface area contributed by atoms with Crippen LogP contribution in [0.2, 0.25) is 0 Å². The Balaban J connectivity index is 1.62. The summed E-state index contributed by atoms with van der Waals surface area (Å²) < 4.78 is 0. The summed E-state index contributed by atoms with van der Waals surface area (Å²) in [5.41, 5.74) is 4.07. The van der Waals surface area contributed by atoms with Crippen molar-refractivity contribution in [1.82, 2.24) is 10.4 Å². The summed E-state index contributed by atoms with van der Waals surface area (Å²) in [6, 6.07) is 5.24. The summed E-state index contributed by atoms with van der Waals surface area (Å²) in [4.78, 5) is 15.7. The van der Waals surface area contributed by atoms with E-state index in [2.05, 4.69) is 27.7 Å². The monoisotopic (exact) mass is 227 g/mol. The first-order valence-electron chi connectivity index (χ1n) is 5.79. The lowest BCUT2D eigenvalue weighted by atomic mass is 9.74.